The lowest BCUT2D eigenvalue weighted by Gasteiger charge is -2.07. The maximum atomic E-state index is 4.50. The Morgan fingerprint density at radius 3 is 2.85 bits per heavy atom. The second kappa shape index (κ2) is 5.37. The number of H-pyrrole nitrogens is 1. The van der Waals surface area contributed by atoms with Crippen molar-refractivity contribution in [1.29, 1.82) is 0 Å². The van der Waals surface area contributed by atoms with Gasteiger partial charge in [-0.15, -0.1) is 0 Å². The van der Waals surface area contributed by atoms with Gasteiger partial charge >= 0.3 is 0 Å². The Balaban J connectivity index is 1.68. The third kappa shape index (κ3) is 2.67. The van der Waals surface area contributed by atoms with E-state index in [9.17, 15) is 0 Å². The molecule has 0 bridgehead atoms. The zero-order valence-electron chi connectivity index (χ0n) is 11.9. The number of rotatable bonds is 4. The Morgan fingerprint density at radius 2 is 2.00 bits per heavy atom. The first-order valence-corrected chi connectivity index (χ1v) is 6.96. The molecule has 2 heterocycles. The van der Waals surface area contributed by atoms with E-state index in [2.05, 4.69) is 64.8 Å². The Bertz CT molecular complexity index is 708. The first-order valence-electron chi connectivity index (χ1n) is 6.96. The molecule has 2 N–H and O–H groups in total. The van der Waals surface area contributed by atoms with E-state index < -0.39 is 0 Å². The average molecular weight is 265 g/mol. The van der Waals surface area contributed by atoms with E-state index in [-0.39, 0.29) is 0 Å². The molecular weight excluding hydrogens is 246 g/mol. The molecule has 0 spiro atoms. The fourth-order valence-electron chi connectivity index (χ4n) is 2.60. The summed E-state index contributed by atoms with van der Waals surface area (Å²) in [6.07, 6.45) is 3.08. The number of anilines is 1. The van der Waals surface area contributed by atoms with Crippen LogP contribution in [0.4, 0.5) is 5.82 Å². The van der Waals surface area contributed by atoms with Crippen molar-refractivity contribution in [3.05, 3.63) is 59.4 Å². The molecular formula is C17H19N3. The summed E-state index contributed by atoms with van der Waals surface area (Å²) < 4.78 is 0. The van der Waals surface area contributed by atoms with Gasteiger partial charge in [-0.25, -0.2) is 4.98 Å². The molecule has 3 heteroatoms. The van der Waals surface area contributed by atoms with Crippen LogP contribution in [0.2, 0.25) is 0 Å². The standard InChI is InChI=1S/C17H19N3/c1-12-9-13(2)20-17(10-12)18-8-7-14-11-19-16-6-4-3-5-15(14)16/h3-6,9-11,19H,7-8H2,1-2H3,(H,18,20). The molecule has 1 aromatic carbocycles. The lowest BCUT2D eigenvalue weighted by atomic mass is 10.1. The van der Waals surface area contributed by atoms with Crippen LogP contribution >= 0.6 is 0 Å². The van der Waals surface area contributed by atoms with Crippen molar-refractivity contribution < 1.29 is 0 Å². The summed E-state index contributed by atoms with van der Waals surface area (Å²) in [4.78, 5) is 7.81. The molecule has 20 heavy (non-hydrogen) atoms. The number of para-hydroxylation sites is 1. The predicted octanol–water partition coefficient (Wildman–Crippen LogP) is 3.83. The highest BCUT2D eigenvalue weighted by Gasteiger charge is 2.03. The molecule has 0 aliphatic rings. The minimum absolute atomic E-state index is 0.887. The van der Waals surface area contributed by atoms with Gasteiger partial charge in [0.15, 0.2) is 0 Å². The van der Waals surface area contributed by atoms with Gasteiger partial charge in [-0.3, -0.25) is 0 Å². The van der Waals surface area contributed by atoms with E-state index in [1.165, 1.54) is 22.0 Å². The van der Waals surface area contributed by atoms with Crippen LogP contribution in [0.5, 0.6) is 0 Å². The largest absolute Gasteiger partial charge is 0.370 e. The molecule has 3 rings (SSSR count). The van der Waals surface area contributed by atoms with Crippen LogP contribution in [-0.2, 0) is 6.42 Å². The van der Waals surface area contributed by atoms with Gasteiger partial charge in [-0.2, -0.15) is 0 Å². The van der Waals surface area contributed by atoms with Gasteiger partial charge in [-0.1, -0.05) is 18.2 Å². The summed E-state index contributed by atoms with van der Waals surface area (Å²) >= 11 is 0. The summed E-state index contributed by atoms with van der Waals surface area (Å²) in [6, 6.07) is 12.6. The monoisotopic (exact) mass is 265 g/mol. The minimum Gasteiger partial charge on any atom is -0.370 e. The number of nitrogens with one attached hydrogen (secondary N) is 2. The Hall–Kier alpha value is -2.29. The number of hydrogen-bond acceptors (Lipinski definition) is 2. The molecule has 3 aromatic rings. The normalized spacial score (nSPS) is 10.9. The topological polar surface area (TPSA) is 40.7 Å². The van der Waals surface area contributed by atoms with Gasteiger partial charge in [-0.05, 0) is 49.6 Å². The molecule has 0 aliphatic heterocycles. The van der Waals surface area contributed by atoms with Crippen LogP contribution in [0, 0.1) is 13.8 Å². The van der Waals surface area contributed by atoms with Crippen LogP contribution in [-0.4, -0.2) is 16.5 Å². The van der Waals surface area contributed by atoms with Crippen LogP contribution in [0.15, 0.2) is 42.6 Å². The van der Waals surface area contributed by atoms with Crippen molar-refractivity contribution in [2.45, 2.75) is 20.3 Å². The molecule has 102 valence electrons. The average Bonchev–Trinajstić information content (AvgIpc) is 2.81. The third-order valence-corrected chi connectivity index (χ3v) is 3.47. The van der Waals surface area contributed by atoms with Crippen LogP contribution in [0.3, 0.4) is 0 Å². The number of pyridine rings is 1. The minimum atomic E-state index is 0.887. The van der Waals surface area contributed by atoms with Crippen molar-refractivity contribution in [1.82, 2.24) is 9.97 Å². The molecule has 0 amide bonds. The van der Waals surface area contributed by atoms with E-state index in [0.717, 1.165) is 24.5 Å². The van der Waals surface area contributed by atoms with Gasteiger partial charge in [0.05, 0.1) is 0 Å². The fourth-order valence-corrected chi connectivity index (χ4v) is 2.60. The van der Waals surface area contributed by atoms with E-state index in [1.807, 2.05) is 6.92 Å². The first kappa shape index (κ1) is 12.7. The van der Waals surface area contributed by atoms with E-state index in [0.29, 0.717) is 0 Å². The molecule has 0 atom stereocenters. The molecule has 2 aromatic heterocycles. The quantitative estimate of drug-likeness (QED) is 0.752. The lowest BCUT2D eigenvalue weighted by Crippen LogP contribution is -2.06. The van der Waals surface area contributed by atoms with E-state index in [4.69, 9.17) is 0 Å². The number of hydrogen-bond donors (Lipinski definition) is 2. The summed E-state index contributed by atoms with van der Waals surface area (Å²) in [6.45, 7) is 5.01. The zero-order chi connectivity index (χ0) is 13.9. The van der Waals surface area contributed by atoms with Crippen molar-refractivity contribution in [3.8, 4) is 0 Å². The van der Waals surface area contributed by atoms with Gasteiger partial charge in [0, 0.05) is 29.3 Å². The maximum Gasteiger partial charge on any atom is 0.126 e. The summed E-state index contributed by atoms with van der Waals surface area (Å²) in [7, 11) is 0. The highest BCUT2D eigenvalue weighted by molar-refractivity contribution is 5.83. The zero-order valence-corrected chi connectivity index (χ0v) is 11.9. The Kier molecular flexibility index (Phi) is 3.42. The maximum absolute atomic E-state index is 4.50. The SMILES string of the molecule is Cc1cc(C)nc(NCCc2c[nH]c3ccccc23)c1. The van der Waals surface area contributed by atoms with Crippen molar-refractivity contribution in [2.24, 2.45) is 0 Å². The van der Waals surface area contributed by atoms with Gasteiger partial charge < -0.3 is 10.3 Å². The van der Waals surface area contributed by atoms with E-state index in [1.54, 1.807) is 0 Å². The van der Waals surface area contributed by atoms with Crippen molar-refractivity contribution in [3.63, 3.8) is 0 Å². The molecule has 0 unspecified atom stereocenters. The summed E-state index contributed by atoms with van der Waals surface area (Å²) in [5.41, 5.74) is 4.84. The van der Waals surface area contributed by atoms with Crippen LogP contribution < -0.4 is 5.32 Å². The van der Waals surface area contributed by atoms with Gasteiger partial charge in [0.2, 0.25) is 0 Å². The molecule has 0 saturated carbocycles. The lowest BCUT2D eigenvalue weighted by molar-refractivity contribution is 1.01. The molecule has 3 nitrogen and oxygen atoms in total. The number of aryl methyl sites for hydroxylation is 2. The Morgan fingerprint density at radius 1 is 1.15 bits per heavy atom. The number of nitrogens with zero attached hydrogens (tertiary/aromatic N) is 1. The molecule has 0 saturated heterocycles. The third-order valence-electron chi connectivity index (χ3n) is 3.47. The second-order valence-corrected chi connectivity index (χ2v) is 5.21. The van der Waals surface area contributed by atoms with Crippen molar-refractivity contribution in [2.75, 3.05) is 11.9 Å². The van der Waals surface area contributed by atoms with Gasteiger partial charge in [0.1, 0.15) is 5.82 Å². The van der Waals surface area contributed by atoms with Crippen LogP contribution in [0.1, 0.15) is 16.8 Å². The summed E-state index contributed by atoms with van der Waals surface area (Å²) in [5, 5.41) is 4.71. The Labute approximate surface area is 119 Å². The number of aromatic amines is 1. The van der Waals surface area contributed by atoms with Crippen LogP contribution in [0.25, 0.3) is 10.9 Å². The highest BCUT2D eigenvalue weighted by atomic mass is 15.0. The molecule has 0 aliphatic carbocycles. The number of fused-ring (bicyclic) bond motifs is 1. The number of benzene rings is 1. The van der Waals surface area contributed by atoms with Gasteiger partial charge in [0.25, 0.3) is 0 Å². The molecule has 0 radical (unpaired) electrons. The summed E-state index contributed by atoms with van der Waals surface area (Å²) in [5.74, 6) is 0.961. The van der Waals surface area contributed by atoms with E-state index >= 15 is 0 Å². The highest BCUT2D eigenvalue weighted by Crippen LogP contribution is 2.18. The van der Waals surface area contributed by atoms with Crippen molar-refractivity contribution >= 4 is 16.7 Å². The molecule has 0 fully saturated rings. The number of aromatic nitrogens is 2. The first-order chi connectivity index (χ1) is 9.72. The predicted molar refractivity (Wildman–Crippen MR) is 84.2 cm³/mol. The smallest absolute Gasteiger partial charge is 0.126 e. The second-order valence-electron chi connectivity index (χ2n) is 5.21. The fraction of sp³-hybridized carbons (Fsp3) is 0.235.